The first-order valence-electron chi connectivity index (χ1n) is 6.00. The Kier molecular flexibility index (Phi) is 2.96. The zero-order valence-corrected chi connectivity index (χ0v) is 11.5. The highest BCUT2D eigenvalue weighted by atomic mass is 15.3. The van der Waals surface area contributed by atoms with Crippen molar-refractivity contribution in [3.05, 3.63) is 45.8 Å². The molecule has 2 rings (SSSR count). The average molecular weight is 239 g/mol. The van der Waals surface area contributed by atoms with Crippen molar-refractivity contribution in [1.29, 1.82) is 5.26 Å². The number of benzene rings is 1. The summed E-state index contributed by atoms with van der Waals surface area (Å²) in [5, 5.41) is 13.5. The van der Waals surface area contributed by atoms with E-state index in [-0.39, 0.29) is 0 Å². The molecule has 1 aromatic carbocycles. The van der Waals surface area contributed by atoms with E-state index in [4.69, 9.17) is 5.26 Å². The van der Waals surface area contributed by atoms with Crippen LogP contribution in [0.1, 0.15) is 33.6 Å². The molecule has 0 aliphatic rings. The van der Waals surface area contributed by atoms with Gasteiger partial charge in [-0.2, -0.15) is 10.4 Å². The van der Waals surface area contributed by atoms with Gasteiger partial charge in [0.1, 0.15) is 6.07 Å². The van der Waals surface area contributed by atoms with E-state index in [9.17, 15) is 0 Å². The molecule has 0 amide bonds. The van der Waals surface area contributed by atoms with Gasteiger partial charge in [-0.05, 0) is 45.7 Å². The lowest BCUT2D eigenvalue weighted by molar-refractivity contribution is 0.827. The van der Waals surface area contributed by atoms with Crippen molar-refractivity contribution in [2.75, 3.05) is 0 Å². The van der Waals surface area contributed by atoms with Crippen LogP contribution in [0.5, 0.6) is 0 Å². The van der Waals surface area contributed by atoms with Crippen molar-refractivity contribution in [2.45, 2.75) is 34.6 Å². The van der Waals surface area contributed by atoms with Crippen molar-refractivity contribution in [1.82, 2.24) is 9.78 Å². The monoisotopic (exact) mass is 239 g/mol. The molecule has 1 aromatic heterocycles. The molecule has 0 aliphatic carbocycles. The fraction of sp³-hybridized carbons (Fsp3) is 0.333. The van der Waals surface area contributed by atoms with Crippen LogP contribution in [0.15, 0.2) is 12.1 Å². The number of nitriles is 1. The molecule has 1 heterocycles. The van der Waals surface area contributed by atoms with E-state index in [2.05, 4.69) is 44.1 Å². The Hall–Kier alpha value is -2.08. The van der Waals surface area contributed by atoms with Crippen LogP contribution in [0.4, 0.5) is 0 Å². The molecule has 0 N–H and O–H groups in total. The van der Waals surface area contributed by atoms with E-state index < -0.39 is 0 Å². The lowest BCUT2D eigenvalue weighted by Crippen LogP contribution is -2.04. The smallest absolute Gasteiger partial charge is 0.166 e. The second kappa shape index (κ2) is 4.30. The van der Waals surface area contributed by atoms with Gasteiger partial charge in [0.2, 0.25) is 0 Å². The highest BCUT2D eigenvalue weighted by Crippen LogP contribution is 2.24. The van der Waals surface area contributed by atoms with Crippen molar-refractivity contribution in [3.8, 4) is 11.8 Å². The Morgan fingerprint density at radius 3 is 2.06 bits per heavy atom. The molecule has 2 aromatic rings. The van der Waals surface area contributed by atoms with Gasteiger partial charge >= 0.3 is 0 Å². The number of nitrogens with zero attached hydrogens (tertiary/aromatic N) is 3. The first kappa shape index (κ1) is 12.4. The van der Waals surface area contributed by atoms with Crippen molar-refractivity contribution in [2.24, 2.45) is 0 Å². The first-order valence-corrected chi connectivity index (χ1v) is 6.00. The van der Waals surface area contributed by atoms with E-state index in [1.807, 2.05) is 18.5 Å². The summed E-state index contributed by atoms with van der Waals surface area (Å²) in [6.07, 6.45) is 0. The highest BCUT2D eigenvalue weighted by molar-refractivity contribution is 5.51. The molecule has 0 saturated heterocycles. The molecule has 0 saturated carbocycles. The van der Waals surface area contributed by atoms with Crippen LogP contribution in [0, 0.1) is 45.9 Å². The highest BCUT2D eigenvalue weighted by Gasteiger charge is 2.14. The molecule has 0 aliphatic heterocycles. The third-order valence-corrected chi connectivity index (χ3v) is 3.37. The van der Waals surface area contributed by atoms with Gasteiger partial charge in [-0.15, -0.1) is 0 Å². The summed E-state index contributed by atoms with van der Waals surface area (Å²) < 4.78 is 1.89. The van der Waals surface area contributed by atoms with Gasteiger partial charge in [0.05, 0.1) is 5.69 Å². The van der Waals surface area contributed by atoms with Gasteiger partial charge in [0, 0.05) is 11.3 Å². The number of rotatable bonds is 1. The number of aryl methyl sites for hydroxylation is 3. The van der Waals surface area contributed by atoms with E-state index >= 15 is 0 Å². The van der Waals surface area contributed by atoms with Crippen LogP contribution in [-0.2, 0) is 0 Å². The van der Waals surface area contributed by atoms with Gasteiger partial charge in [0.15, 0.2) is 5.69 Å². The summed E-state index contributed by atoms with van der Waals surface area (Å²) in [5.74, 6) is 0. The Morgan fingerprint density at radius 1 is 1.06 bits per heavy atom. The Morgan fingerprint density at radius 2 is 1.61 bits per heavy atom. The maximum Gasteiger partial charge on any atom is 0.166 e. The second-order valence-electron chi connectivity index (χ2n) is 4.83. The summed E-state index contributed by atoms with van der Waals surface area (Å²) in [6.45, 7) is 10.2. The van der Waals surface area contributed by atoms with Crippen LogP contribution in [0.25, 0.3) is 5.69 Å². The van der Waals surface area contributed by atoms with Crippen molar-refractivity contribution < 1.29 is 0 Å². The molecular formula is C15H17N3. The Balaban J connectivity index is 2.75. The largest absolute Gasteiger partial charge is 0.236 e. The minimum Gasteiger partial charge on any atom is -0.236 e. The summed E-state index contributed by atoms with van der Waals surface area (Å²) in [4.78, 5) is 0. The molecular weight excluding hydrogens is 222 g/mol. The molecule has 3 nitrogen and oxygen atoms in total. The van der Waals surface area contributed by atoms with Crippen molar-refractivity contribution >= 4 is 0 Å². The summed E-state index contributed by atoms with van der Waals surface area (Å²) >= 11 is 0. The van der Waals surface area contributed by atoms with Crippen LogP contribution in [-0.4, -0.2) is 9.78 Å². The molecule has 0 bridgehead atoms. The number of hydrogen-bond acceptors (Lipinski definition) is 2. The third-order valence-electron chi connectivity index (χ3n) is 3.37. The van der Waals surface area contributed by atoms with Crippen molar-refractivity contribution in [3.63, 3.8) is 0 Å². The second-order valence-corrected chi connectivity index (χ2v) is 4.83. The molecule has 0 unspecified atom stereocenters. The topological polar surface area (TPSA) is 41.6 Å². The normalized spacial score (nSPS) is 10.4. The fourth-order valence-electron chi connectivity index (χ4n) is 2.41. The minimum absolute atomic E-state index is 0.506. The maximum absolute atomic E-state index is 9.06. The van der Waals surface area contributed by atoms with Gasteiger partial charge in [-0.25, -0.2) is 4.68 Å². The number of aromatic nitrogens is 2. The lowest BCUT2D eigenvalue weighted by Gasteiger charge is -2.13. The number of hydrogen-bond donors (Lipinski definition) is 0. The maximum atomic E-state index is 9.06. The molecule has 0 fully saturated rings. The molecule has 92 valence electrons. The standard InChI is InChI=1S/C15H17N3/c1-9-6-10(2)15(11(3)7-9)18-13(5)12(4)14(8-16)17-18/h6-7H,1-5H3. The van der Waals surface area contributed by atoms with Gasteiger partial charge in [-0.1, -0.05) is 17.7 Å². The van der Waals surface area contributed by atoms with E-state index in [1.54, 1.807) is 0 Å². The Labute approximate surface area is 108 Å². The minimum atomic E-state index is 0.506. The van der Waals surface area contributed by atoms with Gasteiger partial charge in [-0.3, -0.25) is 0 Å². The molecule has 3 heteroatoms. The zero-order valence-electron chi connectivity index (χ0n) is 11.5. The summed E-state index contributed by atoms with van der Waals surface area (Å²) in [7, 11) is 0. The molecule has 0 atom stereocenters. The van der Waals surface area contributed by atoms with Crippen LogP contribution in [0.3, 0.4) is 0 Å². The van der Waals surface area contributed by atoms with E-state index in [1.165, 1.54) is 16.7 Å². The fourth-order valence-corrected chi connectivity index (χ4v) is 2.41. The van der Waals surface area contributed by atoms with E-state index in [0.29, 0.717) is 5.69 Å². The average Bonchev–Trinajstić information content (AvgIpc) is 2.56. The Bertz CT molecular complexity index is 634. The molecule has 0 spiro atoms. The first-order chi connectivity index (χ1) is 8.45. The third kappa shape index (κ3) is 1.80. The molecule has 18 heavy (non-hydrogen) atoms. The SMILES string of the molecule is Cc1cc(C)c(-n2nc(C#N)c(C)c2C)c(C)c1. The van der Waals surface area contributed by atoms with Gasteiger partial charge in [0.25, 0.3) is 0 Å². The summed E-state index contributed by atoms with van der Waals surface area (Å²) in [6, 6.07) is 6.43. The van der Waals surface area contributed by atoms with Crippen LogP contribution >= 0.6 is 0 Å². The quantitative estimate of drug-likeness (QED) is 0.766. The van der Waals surface area contributed by atoms with E-state index in [0.717, 1.165) is 16.9 Å². The lowest BCUT2D eigenvalue weighted by atomic mass is 10.0. The summed E-state index contributed by atoms with van der Waals surface area (Å²) in [5.41, 5.74) is 7.19. The van der Waals surface area contributed by atoms with Crippen LogP contribution < -0.4 is 0 Å². The predicted octanol–water partition coefficient (Wildman–Crippen LogP) is 3.29. The predicted molar refractivity (Wildman–Crippen MR) is 72.0 cm³/mol. The van der Waals surface area contributed by atoms with Crippen LogP contribution in [0.2, 0.25) is 0 Å². The zero-order chi connectivity index (χ0) is 13.4. The van der Waals surface area contributed by atoms with Gasteiger partial charge < -0.3 is 0 Å². The molecule has 0 radical (unpaired) electrons.